The number of likely N-dealkylation sites (tertiary alicyclic amines) is 1. The number of anilines is 1. The van der Waals surface area contributed by atoms with Crippen LogP contribution in [0.1, 0.15) is 45.5 Å². The minimum atomic E-state index is -1.38. The number of carbonyl (C=O) groups is 4. The standard InChI is InChI=1S/C55H46N6O7S2/c62-48(57-46-49(63)61-47(51(64)65)37(35-69-50(46)61)34-67-53(66)60-32-19-33-60)45(59-68-55(41-26-13-4-14-27-41,42-28-15-5-16-29-42)43-30-17-6-18-31-43)44-36-70-52(56-44)58-54(38-20-7-1-8-21-38,39-22-9-2-10-23-39)40-24-11-3-12-25-40/h1-18,20-31,36,46,50H,19,32-35H2,(H,56,58)(H,57,62)(H,64,65)/t46?,50-/m0/s1. The van der Waals surface area contributed by atoms with Gasteiger partial charge in [0.25, 0.3) is 11.8 Å². The van der Waals surface area contributed by atoms with Crippen molar-refractivity contribution < 1.29 is 33.9 Å². The topological polar surface area (TPSA) is 163 Å². The number of hydrogen-bond donors (Lipinski definition) is 3. The maximum atomic E-state index is 15.1. The van der Waals surface area contributed by atoms with E-state index in [4.69, 9.17) is 19.7 Å². The Kier molecular flexibility index (Phi) is 13.0. The number of oxime groups is 1. The van der Waals surface area contributed by atoms with E-state index in [2.05, 4.69) is 47.0 Å². The molecular formula is C55H46N6O7S2. The van der Waals surface area contributed by atoms with Gasteiger partial charge < -0.3 is 30.2 Å². The van der Waals surface area contributed by atoms with E-state index >= 15 is 4.79 Å². The van der Waals surface area contributed by atoms with Gasteiger partial charge in [0.15, 0.2) is 10.8 Å². The maximum Gasteiger partial charge on any atom is 0.410 e. The lowest BCUT2D eigenvalue weighted by Crippen LogP contribution is -2.71. The fraction of sp³-hybridized carbons (Fsp3) is 0.164. The molecule has 10 rings (SSSR count). The number of thiazole rings is 1. The Balaban J connectivity index is 1.05. The zero-order valence-corrected chi connectivity index (χ0v) is 39.2. The van der Waals surface area contributed by atoms with Crippen molar-refractivity contribution in [3.63, 3.8) is 0 Å². The van der Waals surface area contributed by atoms with E-state index in [1.54, 1.807) is 5.38 Å². The quantitative estimate of drug-likeness (QED) is 0.0369. The Labute approximate surface area is 412 Å². The number of aliphatic carboxylic acids is 1. The molecule has 13 nitrogen and oxygen atoms in total. The molecule has 0 aliphatic carbocycles. The average molecular weight is 967 g/mol. The van der Waals surface area contributed by atoms with E-state index in [9.17, 15) is 19.5 Å². The molecule has 350 valence electrons. The number of amides is 3. The summed E-state index contributed by atoms with van der Waals surface area (Å²) in [5.41, 5.74) is 2.68. The molecule has 1 unspecified atom stereocenters. The molecule has 4 heterocycles. The number of carbonyl (C=O) groups excluding carboxylic acids is 3. The summed E-state index contributed by atoms with van der Waals surface area (Å²) in [6.45, 7) is 0.865. The molecule has 70 heavy (non-hydrogen) atoms. The Morgan fingerprint density at radius 2 is 1.17 bits per heavy atom. The molecule has 0 radical (unpaired) electrons. The van der Waals surface area contributed by atoms with E-state index in [0.29, 0.717) is 18.2 Å². The van der Waals surface area contributed by atoms with Gasteiger partial charge in [-0.3, -0.25) is 14.5 Å². The zero-order chi connectivity index (χ0) is 48.1. The zero-order valence-electron chi connectivity index (χ0n) is 37.6. The monoisotopic (exact) mass is 966 g/mol. The van der Waals surface area contributed by atoms with Crippen LogP contribution in [0, 0.1) is 0 Å². The van der Waals surface area contributed by atoms with Gasteiger partial charge >= 0.3 is 12.1 Å². The molecule has 0 saturated carbocycles. The highest BCUT2D eigenvalue weighted by atomic mass is 32.2. The van der Waals surface area contributed by atoms with Gasteiger partial charge in [0.1, 0.15) is 35.0 Å². The van der Waals surface area contributed by atoms with E-state index in [0.717, 1.165) is 44.7 Å². The van der Waals surface area contributed by atoms with Gasteiger partial charge in [0, 0.05) is 46.5 Å². The van der Waals surface area contributed by atoms with Crippen LogP contribution in [-0.4, -0.2) is 86.3 Å². The van der Waals surface area contributed by atoms with Gasteiger partial charge in [0.2, 0.25) is 5.60 Å². The van der Waals surface area contributed by atoms with Crippen molar-refractivity contribution in [2.24, 2.45) is 5.16 Å². The van der Waals surface area contributed by atoms with Crippen LogP contribution in [-0.2, 0) is 35.1 Å². The molecule has 2 atom stereocenters. The molecule has 3 aliphatic heterocycles. The number of hydrogen-bond acceptors (Lipinski definition) is 11. The van der Waals surface area contributed by atoms with Crippen LogP contribution in [0.4, 0.5) is 9.93 Å². The lowest BCUT2D eigenvalue weighted by atomic mass is 9.77. The summed E-state index contributed by atoms with van der Waals surface area (Å²) in [4.78, 5) is 69.0. The summed E-state index contributed by atoms with van der Waals surface area (Å²) in [5.74, 6) is -2.59. The highest BCUT2D eigenvalue weighted by Gasteiger charge is 2.55. The predicted octanol–water partition coefficient (Wildman–Crippen LogP) is 8.84. The number of benzene rings is 6. The minimum absolute atomic E-state index is 0.153. The molecule has 1 aromatic heterocycles. The summed E-state index contributed by atoms with van der Waals surface area (Å²) in [7, 11) is 0. The van der Waals surface area contributed by atoms with Gasteiger partial charge in [-0.15, -0.1) is 23.1 Å². The fourth-order valence-electron chi connectivity index (χ4n) is 9.12. The number of thioether (sulfide) groups is 1. The number of fused-ring (bicyclic) bond motifs is 1. The highest BCUT2D eigenvalue weighted by molar-refractivity contribution is 8.00. The van der Waals surface area contributed by atoms with E-state index in [-0.39, 0.29) is 35.0 Å². The lowest BCUT2D eigenvalue weighted by Gasteiger charge is -2.49. The molecule has 3 amide bonds. The maximum absolute atomic E-state index is 15.1. The Hall–Kier alpha value is -8.01. The van der Waals surface area contributed by atoms with Gasteiger partial charge in [-0.1, -0.05) is 187 Å². The van der Waals surface area contributed by atoms with Crippen molar-refractivity contribution in [2.75, 3.05) is 30.8 Å². The first-order chi connectivity index (χ1) is 34.3. The van der Waals surface area contributed by atoms with Crippen LogP contribution in [0.2, 0.25) is 0 Å². The number of β-lactam (4-membered cyclic amide) rings is 1. The van der Waals surface area contributed by atoms with Crippen molar-refractivity contribution >= 4 is 57.8 Å². The van der Waals surface area contributed by atoms with Crippen molar-refractivity contribution in [3.8, 4) is 0 Å². The lowest BCUT2D eigenvalue weighted by molar-refractivity contribution is -0.150. The average Bonchev–Trinajstić information content (AvgIpc) is 3.86. The first-order valence-corrected chi connectivity index (χ1v) is 24.7. The minimum Gasteiger partial charge on any atom is -0.477 e. The summed E-state index contributed by atoms with van der Waals surface area (Å²) >= 11 is 2.54. The molecule has 3 N–H and O–H groups in total. The van der Waals surface area contributed by atoms with Crippen molar-refractivity contribution in [1.29, 1.82) is 0 Å². The third-order valence-electron chi connectivity index (χ3n) is 12.7. The summed E-state index contributed by atoms with van der Waals surface area (Å²) in [6.07, 6.45) is 0.335. The van der Waals surface area contributed by atoms with Gasteiger partial charge in [-0.2, -0.15) is 0 Å². The Bertz CT molecular complexity index is 2870. The molecule has 3 aliphatic rings. The predicted molar refractivity (Wildman–Crippen MR) is 269 cm³/mol. The molecule has 15 heteroatoms. The van der Waals surface area contributed by atoms with Crippen LogP contribution in [0.5, 0.6) is 0 Å². The fourth-order valence-corrected chi connectivity index (χ4v) is 11.2. The van der Waals surface area contributed by atoms with E-state index < -0.39 is 46.4 Å². The van der Waals surface area contributed by atoms with Crippen LogP contribution >= 0.6 is 23.1 Å². The number of aromatic nitrogens is 1. The third kappa shape index (κ3) is 8.58. The molecule has 2 fully saturated rings. The normalized spacial score (nSPS) is 16.9. The second-order valence-electron chi connectivity index (χ2n) is 16.8. The first-order valence-electron chi connectivity index (χ1n) is 22.7. The van der Waals surface area contributed by atoms with Crippen molar-refractivity contribution in [1.82, 2.24) is 20.1 Å². The molecule has 6 aromatic carbocycles. The Morgan fingerprint density at radius 3 is 1.61 bits per heavy atom. The number of carboxylic acids is 1. The molecule has 0 bridgehead atoms. The number of nitrogens with one attached hydrogen (secondary N) is 2. The largest absolute Gasteiger partial charge is 0.477 e. The Morgan fingerprint density at radius 1 is 0.700 bits per heavy atom. The molecule has 7 aromatic rings. The second kappa shape index (κ2) is 19.9. The van der Waals surface area contributed by atoms with Crippen LogP contribution in [0.3, 0.4) is 0 Å². The van der Waals surface area contributed by atoms with E-state index in [1.165, 1.54) is 28.0 Å². The highest BCUT2D eigenvalue weighted by Crippen LogP contribution is 2.44. The van der Waals surface area contributed by atoms with Gasteiger partial charge in [-0.25, -0.2) is 14.6 Å². The van der Waals surface area contributed by atoms with Crippen molar-refractivity contribution in [3.05, 3.63) is 238 Å². The number of carboxylic acid groups (broad SMARTS) is 1. The summed E-state index contributed by atoms with van der Waals surface area (Å²) in [6, 6.07) is 57.8. The third-order valence-corrected chi connectivity index (χ3v) is 14.8. The number of rotatable bonds is 16. The number of nitrogens with zero attached hydrogens (tertiary/aromatic N) is 4. The number of ether oxygens (including phenoxy) is 1. The van der Waals surface area contributed by atoms with Crippen LogP contribution < -0.4 is 10.6 Å². The second-order valence-corrected chi connectivity index (χ2v) is 18.8. The summed E-state index contributed by atoms with van der Waals surface area (Å²) in [5, 5.41) is 23.2. The van der Waals surface area contributed by atoms with Crippen molar-refractivity contribution in [2.45, 2.75) is 29.0 Å². The first kappa shape index (κ1) is 45.8. The van der Waals surface area contributed by atoms with Gasteiger partial charge in [-0.05, 0) is 23.1 Å². The molecule has 0 spiro atoms. The van der Waals surface area contributed by atoms with Crippen LogP contribution in [0.15, 0.2) is 204 Å². The molecular weight excluding hydrogens is 921 g/mol. The van der Waals surface area contributed by atoms with Gasteiger partial charge in [0.05, 0.1) is 0 Å². The SMILES string of the molecule is O=C(O)C1=C(COC(=O)N2CCC2)CS[C@H]2C(NC(=O)C(=NOC(c3ccccc3)(c3ccccc3)c3ccccc3)c3csc(NC(c4ccccc4)(c4ccccc4)c4ccccc4)n3)C(=O)N12. The summed E-state index contributed by atoms with van der Waals surface area (Å²) < 4.78 is 5.44. The van der Waals surface area contributed by atoms with E-state index in [1.807, 2.05) is 146 Å². The smallest absolute Gasteiger partial charge is 0.410 e. The van der Waals surface area contributed by atoms with Crippen LogP contribution in [0.25, 0.3) is 0 Å². The molecule has 2 saturated heterocycles.